The highest BCUT2D eigenvalue weighted by Crippen LogP contribution is 2.36. The molecule has 0 unspecified atom stereocenters. The lowest BCUT2D eigenvalue weighted by molar-refractivity contribution is -0.111. The summed E-state index contributed by atoms with van der Waals surface area (Å²) in [7, 11) is 1.55. The quantitative estimate of drug-likeness (QED) is 0.518. The Kier molecular flexibility index (Phi) is 7.14. The summed E-state index contributed by atoms with van der Waals surface area (Å²) < 4.78 is 12.9. The van der Waals surface area contributed by atoms with Gasteiger partial charge in [0, 0.05) is 30.7 Å². The molecule has 0 saturated heterocycles. The van der Waals surface area contributed by atoms with Gasteiger partial charge in [-0.1, -0.05) is 23.7 Å². The number of carbonyl (C=O) groups excluding carboxylic acids is 1. The summed E-state index contributed by atoms with van der Waals surface area (Å²) in [6.07, 6.45) is 6.85. The van der Waals surface area contributed by atoms with Crippen LogP contribution in [0, 0.1) is 6.92 Å². The molecular formula is C23H24ClN3O3. The van der Waals surface area contributed by atoms with Crippen molar-refractivity contribution in [3.8, 4) is 11.5 Å². The van der Waals surface area contributed by atoms with Gasteiger partial charge in [-0.3, -0.25) is 4.79 Å². The molecule has 0 bridgehead atoms. The molecule has 156 valence electrons. The van der Waals surface area contributed by atoms with Crippen molar-refractivity contribution < 1.29 is 14.3 Å². The molecule has 30 heavy (non-hydrogen) atoms. The first kappa shape index (κ1) is 21.5. The number of carbonyl (C=O) groups is 1. The third kappa shape index (κ3) is 5.42. The highest BCUT2D eigenvalue weighted by atomic mass is 35.5. The molecule has 0 aliphatic heterocycles. The number of halogens is 1. The van der Waals surface area contributed by atoms with Gasteiger partial charge in [0.25, 0.3) is 0 Å². The van der Waals surface area contributed by atoms with Crippen LogP contribution in [0.15, 0.2) is 54.9 Å². The van der Waals surface area contributed by atoms with Crippen LogP contribution in [0.3, 0.4) is 0 Å². The van der Waals surface area contributed by atoms with Crippen LogP contribution in [0.5, 0.6) is 11.5 Å². The Morgan fingerprint density at radius 3 is 2.67 bits per heavy atom. The number of aromatic nitrogens is 2. The predicted molar refractivity (Wildman–Crippen MR) is 119 cm³/mol. The van der Waals surface area contributed by atoms with E-state index in [4.69, 9.17) is 21.1 Å². The molecule has 0 fully saturated rings. The lowest BCUT2D eigenvalue weighted by atomic mass is 10.1. The van der Waals surface area contributed by atoms with E-state index in [9.17, 15) is 4.79 Å². The number of hydrogen-bond donors (Lipinski definition) is 1. The zero-order valence-electron chi connectivity index (χ0n) is 17.2. The molecule has 2 aromatic carbocycles. The summed E-state index contributed by atoms with van der Waals surface area (Å²) in [6, 6.07) is 11.2. The number of anilines is 1. The van der Waals surface area contributed by atoms with Crippen LogP contribution in [-0.2, 0) is 11.3 Å². The minimum absolute atomic E-state index is 0.239. The van der Waals surface area contributed by atoms with Crippen molar-refractivity contribution in [1.29, 1.82) is 0 Å². The number of aryl methyl sites for hydroxylation is 1. The van der Waals surface area contributed by atoms with Crippen molar-refractivity contribution in [1.82, 2.24) is 9.55 Å². The maximum Gasteiger partial charge on any atom is 0.248 e. The van der Waals surface area contributed by atoms with Crippen LogP contribution >= 0.6 is 11.6 Å². The van der Waals surface area contributed by atoms with Crippen LogP contribution in [0.4, 0.5) is 5.69 Å². The molecule has 1 aromatic heterocycles. The molecule has 0 atom stereocenters. The fourth-order valence-electron chi connectivity index (χ4n) is 2.94. The molecule has 7 heteroatoms. The van der Waals surface area contributed by atoms with Crippen LogP contribution in [0.2, 0.25) is 5.02 Å². The van der Waals surface area contributed by atoms with Crippen LogP contribution < -0.4 is 14.8 Å². The first-order valence-corrected chi connectivity index (χ1v) is 9.94. The van der Waals surface area contributed by atoms with Gasteiger partial charge in [0.15, 0.2) is 11.5 Å². The first-order valence-electron chi connectivity index (χ1n) is 9.56. The summed E-state index contributed by atoms with van der Waals surface area (Å²) >= 11 is 6.27. The number of nitrogens with one attached hydrogen (secondary N) is 1. The minimum Gasteiger partial charge on any atom is -0.493 e. The van der Waals surface area contributed by atoms with E-state index in [0.29, 0.717) is 23.1 Å². The van der Waals surface area contributed by atoms with Gasteiger partial charge in [0.1, 0.15) is 5.82 Å². The topological polar surface area (TPSA) is 65.4 Å². The van der Waals surface area contributed by atoms with Crippen molar-refractivity contribution in [3.63, 3.8) is 0 Å². The zero-order chi connectivity index (χ0) is 21.5. The molecular weight excluding hydrogens is 402 g/mol. The average molecular weight is 426 g/mol. The van der Waals surface area contributed by atoms with Crippen molar-refractivity contribution in [2.45, 2.75) is 20.4 Å². The van der Waals surface area contributed by atoms with Gasteiger partial charge in [0.05, 0.1) is 18.7 Å². The second kappa shape index (κ2) is 9.98. The Hall–Kier alpha value is -3.25. The monoisotopic (exact) mass is 425 g/mol. The number of nitrogens with zero attached hydrogens (tertiary/aromatic N) is 2. The van der Waals surface area contributed by atoms with Gasteiger partial charge in [-0.2, -0.15) is 0 Å². The standard InChI is InChI=1S/C23H24ClN3O3/c1-4-30-23-20(24)13-18(14-21(23)29-3)7-10-22(28)26-19-8-5-17(6-9-19)15-27-12-11-25-16(27)2/h5-14H,4,15H2,1-3H3,(H,26,28)/b10-7+. The fraction of sp³-hybridized carbons (Fsp3) is 0.217. The smallest absolute Gasteiger partial charge is 0.248 e. The Bertz CT molecular complexity index is 1040. The molecule has 1 amide bonds. The van der Waals surface area contributed by atoms with E-state index in [1.165, 1.54) is 6.08 Å². The van der Waals surface area contributed by atoms with Crippen LogP contribution in [-0.4, -0.2) is 29.2 Å². The number of benzene rings is 2. The predicted octanol–water partition coefficient (Wildman–Crippen LogP) is 4.95. The van der Waals surface area contributed by atoms with Crippen molar-refractivity contribution >= 4 is 29.3 Å². The molecule has 6 nitrogen and oxygen atoms in total. The SMILES string of the molecule is CCOc1c(Cl)cc(/C=C/C(=O)Nc2ccc(Cn3ccnc3C)cc2)cc1OC. The Morgan fingerprint density at radius 2 is 2.03 bits per heavy atom. The number of imidazole rings is 1. The Labute approximate surface area is 181 Å². The lowest BCUT2D eigenvalue weighted by Gasteiger charge is -2.11. The largest absolute Gasteiger partial charge is 0.493 e. The van der Waals surface area contributed by atoms with Gasteiger partial charge in [-0.15, -0.1) is 0 Å². The summed E-state index contributed by atoms with van der Waals surface area (Å²) in [6.45, 7) is 5.06. The van der Waals surface area contributed by atoms with Crippen molar-refractivity contribution in [3.05, 3.63) is 76.8 Å². The second-order valence-corrected chi connectivity index (χ2v) is 7.00. The Morgan fingerprint density at radius 1 is 1.27 bits per heavy atom. The molecule has 0 radical (unpaired) electrons. The average Bonchev–Trinajstić information content (AvgIpc) is 3.14. The lowest BCUT2D eigenvalue weighted by Crippen LogP contribution is -2.08. The summed E-state index contributed by atoms with van der Waals surface area (Å²) in [4.78, 5) is 16.5. The first-order chi connectivity index (χ1) is 14.5. The molecule has 0 saturated carbocycles. The number of rotatable bonds is 8. The third-order valence-corrected chi connectivity index (χ3v) is 4.75. The van der Waals surface area contributed by atoms with Crippen molar-refractivity contribution in [2.24, 2.45) is 0 Å². The van der Waals surface area contributed by atoms with Gasteiger partial charge >= 0.3 is 0 Å². The van der Waals surface area contributed by atoms with E-state index in [1.807, 2.05) is 44.3 Å². The molecule has 0 aliphatic carbocycles. The number of hydrogen-bond acceptors (Lipinski definition) is 4. The summed E-state index contributed by atoms with van der Waals surface area (Å²) in [5.74, 6) is 1.74. The highest BCUT2D eigenvalue weighted by molar-refractivity contribution is 6.32. The summed E-state index contributed by atoms with van der Waals surface area (Å²) in [5, 5.41) is 3.28. The fourth-order valence-corrected chi connectivity index (χ4v) is 3.21. The molecule has 3 aromatic rings. The summed E-state index contributed by atoms with van der Waals surface area (Å²) in [5.41, 5.74) is 2.58. The second-order valence-electron chi connectivity index (χ2n) is 6.59. The van der Waals surface area contributed by atoms with E-state index in [2.05, 4.69) is 14.9 Å². The van der Waals surface area contributed by atoms with Crippen molar-refractivity contribution in [2.75, 3.05) is 19.0 Å². The number of amides is 1. The number of methoxy groups -OCH3 is 1. The normalized spacial score (nSPS) is 10.9. The van der Waals surface area contributed by atoms with E-state index >= 15 is 0 Å². The highest BCUT2D eigenvalue weighted by Gasteiger charge is 2.10. The zero-order valence-corrected chi connectivity index (χ0v) is 17.9. The molecule has 1 heterocycles. The maximum atomic E-state index is 12.3. The maximum absolute atomic E-state index is 12.3. The van der Waals surface area contributed by atoms with E-state index in [-0.39, 0.29) is 5.91 Å². The van der Waals surface area contributed by atoms with Crippen LogP contribution in [0.25, 0.3) is 6.08 Å². The Balaban J connectivity index is 1.63. The minimum atomic E-state index is -0.239. The van der Waals surface area contributed by atoms with Crippen LogP contribution in [0.1, 0.15) is 23.9 Å². The van der Waals surface area contributed by atoms with Gasteiger partial charge < -0.3 is 19.4 Å². The van der Waals surface area contributed by atoms with E-state index in [1.54, 1.807) is 31.5 Å². The number of ether oxygens (including phenoxy) is 2. The van der Waals surface area contributed by atoms with E-state index in [0.717, 1.165) is 29.2 Å². The van der Waals surface area contributed by atoms with E-state index < -0.39 is 0 Å². The van der Waals surface area contributed by atoms with Gasteiger partial charge in [0.2, 0.25) is 5.91 Å². The third-order valence-electron chi connectivity index (χ3n) is 4.47. The van der Waals surface area contributed by atoms with Gasteiger partial charge in [-0.05, 0) is 55.3 Å². The molecule has 0 spiro atoms. The molecule has 0 aliphatic rings. The molecule has 3 rings (SSSR count). The van der Waals surface area contributed by atoms with Gasteiger partial charge in [-0.25, -0.2) is 4.98 Å². The molecule has 1 N–H and O–H groups in total.